The fourth-order valence-corrected chi connectivity index (χ4v) is 2.38. The zero-order valence-electron chi connectivity index (χ0n) is 10.6. The van der Waals surface area contributed by atoms with Gasteiger partial charge < -0.3 is 10.1 Å². The second kappa shape index (κ2) is 4.44. The molecule has 7 nitrogen and oxygen atoms in total. The second-order valence-electron chi connectivity index (χ2n) is 4.67. The van der Waals surface area contributed by atoms with Gasteiger partial charge in [-0.05, 0) is 22.1 Å². The first-order valence-corrected chi connectivity index (χ1v) is 6.41. The smallest absolute Gasteiger partial charge is 0.199 e. The molecule has 1 aliphatic heterocycles. The average molecular weight is 268 g/mol. The minimum Gasteiger partial charge on any atom is -0.488 e. The van der Waals surface area contributed by atoms with Crippen molar-refractivity contribution in [1.82, 2.24) is 25.0 Å². The van der Waals surface area contributed by atoms with E-state index in [9.17, 15) is 0 Å². The van der Waals surface area contributed by atoms with Crippen LogP contribution in [0.5, 0.6) is 5.75 Å². The molecule has 1 atom stereocenters. The lowest BCUT2D eigenvalue weighted by molar-refractivity contribution is 0.246. The van der Waals surface area contributed by atoms with E-state index in [1.807, 2.05) is 18.2 Å². The van der Waals surface area contributed by atoms with Crippen molar-refractivity contribution in [2.45, 2.75) is 12.5 Å². The Kier molecular flexibility index (Phi) is 2.48. The van der Waals surface area contributed by atoms with Crippen molar-refractivity contribution in [2.75, 3.05) is 11.9 Å². The summed E-state index contributed by atoms with van der Waals surface area (Å²) < 4.78 is 7.50. The molecule has 0 amide bonds. The number of hydrogen-bond acceptors (Lipinski definition) is 6. The highest BCUT2D eigenvalue weighted by atomic mass is 16.5. The Labute approximate surface area is 114 Å². The minimum atomic E-state index is 0.110. The number of nitrogens with zero attached hydrogens (tertiary/aromatic N) is 5. The molecule has 1 aromatic carbocycles. The highest BCUT2D eigenvalue weighted by Gasteiger charge is 2.22. The Balaban J connectivity index is 1.48. The molecule has 4 rings (SSSR count). The number of hydrogen-bond donors (Lipinski definition) is 1. The van der Waals surface area contributed by atoms with Crippen LogP contribution in [0.3, 0.4) is 0 Å². The normalized spacial score (nSPS) is 16.9. The summed E-state index contributed by atoms with van der Waals surface area (Å²) in [5, 5.41) is 14.7. The number of ether oxygens (including phenoxy) is 1. The molecular weight excluding hydrogens is 256 g/mol. The van der Waals surface area contributed by atoms with Crippen LogP contribution in [-0.2, 0) is 6.42 Å². The lowest BCUT2D eigenvalue weighted by Gasteiger charge is -2.12. The van der Waals surface area contributed by atoms with Crippen LogP contribution in [-0.4, -0.2) is 37.7 Å². The number of fused-ring (bicyclic) bond motifs is 2. The van der Waals surface area contributed by atoms with E-state index in [1.54, 1.807) is 16.9 Å². The Bertz CT molecular complexity index is 730. The average Bonchev–Trinajstić information content (AvgIpc) is 3.11. The van der Waals surface area contributed by atoms with Crippen molar-refractivity contribution < 1.29 is 4.74 Å². The fraction of sp³-hybridized carbons (Fsp3) is 0.231. The Morgan fingerprint density at radius 2 is 2.25 bits per heavy atom. The van der Waals surface area contributed by atoms with Crippen molar-refractivity contribution in [3.8, 4) is 5.75 Å². The molecule has 0 bridgehead atoms. The van der Waals surface area contributed by atoms with Gasteiger partial charge in [0.15, 0.2) is 11.5 Å². The summed E-state index contributed by atoms with van der Waals surface area (Å²) >= 11 is 0. The number of para-hydroxylation sites is 1. The fourth-order valence-electron chi connectivity index (χ4n) is 2.38. The van der Waals surface area contributed by atoms with Gasteiger partial charge in [0.05, 0.1) is 18.9 Å². The summed E-state index contributed by atoms with van der Waals surface area (Å²) in [6.45, 7) is 0.676. The largest absolute Gasteiger partial charge is 0.488 e. The molecule has 1 aliphatic rings. The summed E-state index contributed by atoms with van der Waals surface area (Å²) in [7, 11) is 0. The molecule has 0 aliphatic carbocycles. The maximum Gasteiger partial charge on any atom is 0.199 e. The molecule has 20 heavy (non-hydrogen) atoms. The van der Waals surface area contributed by atoms with Crippen LogP contribution in [0.15, 0.2) is 36.7 Å². The molecule has 0 saturated heterocycles. The summed E-state index contributed by atoms with van der Waals surface area (Å²) in [5.41, 5.74) is 1.86. The van der Waals surface area contributed by atoms with Gasteiger partial charge in [0.25, 0.3) is 0 Å². The van der Waals surface area contributed by atoms with Gasteiger partial charge in [-0.15, -0.1) is 5.10 Å². The van der Waals surface area contributed by atoms with Gasteiger partial charge in [-0.25, -0.2) is 0 Å². The van der Waals surface area contributed by atoms with Crippen LogP contribution in [0, 0.1) is 0 Å². The standard InChI is InChI=1S/C13H12N6O/c1-2-4-11-9(3-1)5-10(20-11)6-15-12-7-14-8-13-16-17-18-19(12)13/h1-4,7-8,10,15H,5-6H2. The lowest BCUT2D eigenvalue weighted by Crippen LogP contribution is -2.25. The van der Waals surface area contributed by atoms with E-state index < -0.39 is 0 Å². The first kappa shape index (κ1) is 11.2. The molecular formula is C13H12N6O. The number of benzene rings is 1. The minimum absolute atomic E-state index is 0.110. The van der Waals surface area contributed by atoms with E-state index >= 15 is 0 Å². The molecule has 100 valence electrons. The summed E-state index contributed by atoms with van der Waals surface area (Å²) in [6, 6.07) is 8.11. The van der Waals surface area contributed by atoms with Crippen molar-refractivity contribution in [3.63, 3.8) is 0 Å². The van der Waals surface area contributed by atoms with Gasteiger partial charge in [0.2, 0.25) is 0 Å². The molecule has 0 saturated carbocycles. The van der Waals surface area contributed by atoms with Crippen LogP contribution in [0.2, 0.25) is 0 Å². The van der Waals surface area contributed by atoms with Crippen LogP contribution in [0.1, 0.15) is 5.56 Å². The van der Waals surface area contributed by atoms with Gasteiger partial charge in [-0.3, -0.25) is 4.98 Å². The predicted molar refractivity (Wildman–Crippen MR) is 71.6 cm³/mol. The van der Waals surface area contributed by atoms with Gasteiger partial charge in [-0.2, -0.15) is 4.52 Å². The molecule has 1 unspecified atom stereocenters. The van der Waals surface area contributed by atoms with Crippen molar-refractivity contribution in [1.29, 1.82) is 0 Å². The molecule has 0 radical (unpaired) electrons. The topological polar surface area (TPSA) is 77.2 Å². The Morgan fingerprint density at radius 1 is 1.30 bits per heavy atom. The molecule has 3 heterocycles. The third kappa shape index (κ3) is 1.83. The third-order valence-corrected chi connectivity index (χ3v) is 3.33. The van der Waals surface area contributed by atoms with E-state index in [1.165, 1.54) is 5.56 Å². The van der Waals surface area contributed by atoms with E-state index in [0.29, 0.717) is 12.2 Å². The molecule has 2 aromatic heterocycles. The zero-order valence-corrected chi connectivity index (χ0v) is 10.6. The monoisotopic (exact) mass is 268 g/mol. The third-order valence-electron chi connectivity index (χ3n) is 3.33. The highest BCUT2D eigenvalue weighted by molar-refractivity contribution is 5.44. The maximum atomic E-state index is 5.88. The van der Waals surface area contributed by atoms with Crippen molar-refractivity contribution in [3.05, 3.63) is 42.2 Å². The Morgan fingerprint density at radius 3 is 3.20 bits per heavy atom. The number of aromatic nitrogens is 5. The number of tetrazole rings is 1. The highest BCUT2D eigenvalue weighted by Crippen LogP contribution is 2.28. The van der Waals surface area contributed by atoms with E-state index in [-0.39, 0.29) is 6.10 Å². The van der Waals surface area contributed by atoms with Crippen LogP contribution in [0.4, 0.5) is 5.82 Å². The van der Waals surface area contributed by atoms with Gasteiger partial charge in [0, 0.05) is 6.42 Å². The number of rotatable bonds is 3. The quantitative estimate of drug-likeness (QED) is 0.761. The van der Waals surface area contributed by atoms with E-state index in [4.69, 9.17) is 4.74 Å². The van der Waals surface area contributed by atoms with Crippen molar-refractivity contribution in [2.24, 2.45) is 0 Å². The van der Waals surface area contributed by atoms with Gasteiger partial charge in [0.1, 0.15) is 11.9 Å². The first-order valence-electron chi connectivity index (χ1n) is 6.41. The summed E-state index contributed by atoms with van der Waals surface area (Å²) in [4.78, 5) is 4.10. The summed E-state index contributed by atoms with van der Waals surface area (Å²) in [6.07, 6.45) is 4.33. The van der Waals surface area contributed by atoms with Gasteiger partial charge >= 0.3 is 0 Å². The predicted octanol–water partition coefficient (Wildman–Crippen LogP) is 0.935. The maximum absolute atomic E-state index is 5.88. The molecule has 3 aromatic rings. The SMILES string of the molecule is c1ccc2c(c1)CC(CNc1cncc3nnnn13)O2. The molecule has 0 fully saturated rings. The lowest BCUT2D eigenvalue weighted by atomic mass is 10.1. The van der Waals surface area contributed by atoms with Crippen LogP contribution >= 0.6 is 0 Å². The molecule has 7 heteroatoms. The Hall–Kier alpha value is -2.70. The molecule has 1 N–H and O–H groups in total. The van der Waals surface area contributed by atoms with Crippen LogP contribution in [0.25, 0.3) is 5.65 Å². The van der Waals surface area contributed by atoms with Crippen LogP contribution < -0.4 is 10.1 Å². The molecule has 0 spiro atoms. The van der Waals surface area contributed by atoms with E-state index in [2.05, 4.69) is 31.9 Å². The number of nitrogens with one attached hydrogen (secondary N) is 1. The van der Waals surface area contributed by atoms with Crippen molar-refractivity contribution >= 4 is 11.5 Å². The van der Waals surface area contributed by atoms with Gasteiger partial charge in [-0.1, -0.05) is 18.2 Å². The summed E-state index contributed by atoms with van der Waals surface area (Å²) in [5.74, 6) is 1.73. The zero-order chi connectivity index (χ0) is 13.4. The second-order valence-corrected chi connectivity index (χ2v) is 4.67. The first-order chi connectivity index (χ1) is 9.90. The number of anilines is 1. The van der Waals surface area contributed by atoms with E-state index in [0.717, 1.165) is 18.0 Å².